The van der Waals surface area contributed by atoms with Gasteiger partial charge in [0.1, 0.15) is 17.9 Å². The Bertz CT molecular complexity index is 1180. The van der Waals surface area contributed by atoms with Crippen LogP contribution in [0.3, 0.4) is 0 Å². The third-order valence-electron chi connectivity index (χ3n) is 4.88. The number of hydrogen-bond acceptors (Lipinski definition) is 8. The summed E-state index contributed by atoms with van der Waals surface area (Å²) in [5.74, 6) is 0.713. The van der Waals surface area contributed by atoms with Gasteiger partial charge in [-0.05, 0) is 35.9 Å². The van der Waals surface area contributed by atoms with E-state index in [1.165, 1.54) is 12.4 Å². The molecule has 32 heavy (non-hydrogen) atoms. The fraction of sp³-hybridized carbons (Fsp3) is 0.130. The Hall–Kier alpha value is -4.40. The van der Waals surface area contributed by atoms with Crippen LogP contribution in [0, 0.1) is 0 Å². The number of anilines is 3. The van der Waals surface area contributed by atoms with Crippen LogP contribution in [0.25, 0.3) is 0 Å². The minimum absolute atomic E-state index is 0.143. The monoisotopic (exact) mass is 429 g/mol. The predicted octanol–water partition coefficient (Wildman–Crippen LogP) is 3.14. The molecule has 1 amide bonds. The van der Waals surface area contributed by atoms with Gasteiger partial charge in [-0.3, -0.25) is 9.80 Å². The molecule has 0 saturated carbocycles. The number of hydrazone groups is 1. The lowest BCUT2D eigenvalue weighted by atomic mass is 10.0. The van der Waals surface area contributed by atoms with Crippen molar-refractivity contribution in [3.8, 4) is 11.6 Å². The Labute approximate surface area is 185 Å². The van der Waals surface area contributed by atoms with Crippen molar-refractivity contribution < 1.29 is 9.53 Å². The summed E-state index contributed by atoms with van der Waals surface area (Å²) in [5.41, 5.74) is 15.1. The molecule has 2 aromatic carbocycles. The second-order valence-corrected chi connectivity index (χ2v) is 7.26. The average molecular weight is 429 g/mol. The quantitative estimate of drug-likeness (QED) is 0.388. The first-order chi connectivity index (χ1) is 15.5. The third-order valence-corrected chi connectivity index (χ3v) is 4.88. The van der Waals surface area contributed by atoms with E-state index in [9.17, 15) is 4.79 Å². The van der Waals surface area contributed by atoms with Crippen LogP contribution >= 0.6 is 0 Å². The van der Waals surface area contributed by atoms with Gasteiger partial charge in [0.2, 0.25) is 11.8 Å². The molecule has 162 valence electrons. The molecule has 0 saturated heterocycles. The highest BCUT2D eigenvalue weighted by Crippen LogP contribution is 2.34. The van der Waals surface area contributed by atoms with Crippen molar-refractivity contribution in [3.05, 3.63) is 78.6 Å². The lowest BCUT2D eigenvalue weighted by molar-refractivity contribution is -0.111. The number of aromatic nitrogens is 2. The smallest absolute Gasteiger partial charge is 0.247 e. The number of amides is 1. The highest BCUT2D eigenvalue weighted by molar-refractivity contribution is 5.98. The lowest BCUT2D eigenvalue weighted by Gasteiger charge is -2.18. The summed E-state index contributed by atoms with van der Waals surface area (Å²) in [7, 11) is 0. The number of nitrogens with two attached hydrogens (primary N) is 2. The Morgan fingerprint density at radius 1 is 1.22 bits per heavy atom. The van der Waals surface area contributed by atoms with Crippen LogP contribution in [0.15, 0.2) is 72.6 Å². The minimum Gasteiger partial charge on any atom is -0.438 e. The van der Waals surface area contributed by atoms with Gasteiger partial charge in [-0.1, -0.05) is 24.8 Å². The standard InChI is InChI=1S/C23H23N7O2/c1-2-20(31)29-18-7-4-8-19(10-18)32-23-21(22(25)26-14-27-23)16-11-28-30(13-16)12-15-5-3-6-17(24)9-15/h2-11,14,16H,1,12-13,24H2,(H,29,31)(H2,25,26,27). The molecule has 0 radical (unpaired) electrons. The van der Waals surface area contributed by atoms with Gasteiger partial charge in [-0.2, -0.15) is 5.10 Å². The number of benzene rings is 2. The molecular weight excluding hydrogens is 406 g/mol. The fourth-order valence-corrected chi connectivity index (χ4v) is 3.43. The Balaban J connectivity index is 1.52. The second kappa shape index (κ2) is 9.17. The number of nitrogens with zero attached hydrogens (tertiary/aromatic N) is 4. The number of rotatable bonds is 7. The summed E-state index contributed by atoms with van der Waals surface area (Å²) in [4.78, 5) is 20.0. The maximum Gasteiger partial charge on any atom is 0.247 e. The van der Waals surface area contributed by atoms with Gasteiger partial charge >= 0.3 is 0 Å². The number of ether oxygens (including phenoxy) is 1. The molecular formula is C23H23N7O2. The van der Waals surface area contributed by atoms with Crippen molar-refractivity contribution in [1.29, 1.82) is 0 Å². The molecule has 0 aliphatic carbocycles. The molecule has 4 rings (SSSR count). The van der Waals surface area contributed by atoms with Crippen LogP contribution in [0.2, 0.25) is 0 Å². The molecule has 0 fully saturated rings. The number of carbonyl (C=O) groups excluding carboxylic acids is 1. The summed E-state index contributed by atoms with van der Waals surface area (Å²) >= 11 is 0. The van der Waals surface area contributed by atoms with E-state index in [1.807, 2.05) is 35.5 Å². The van der Waals surface area contributed by atoms with E-state index in [0.29, 0.717) is 47.5 Å². The lowest BCUT2D eigenvalue weighted by Crippen LogP contribution is -2.19. The van der Waals surface area contributed by atoms with Crippen LogP contribution in [0.1, 0.15) is 17.0 Å². The summed E-state index contributed by atoms with van der Waals surface area (Å²) in [6.45, 7) is 4.67. The van der Waals surface area contributed by atoms with E-state index in [0.717, 1.165) is 5.56 Å². The Kier molecular flexibility index (Phi) is 5.98. The SMILES string of the molecule is C=CC(=O)Nc1cccc(Oc2ncnc(N)c2C2C=NN(Cc3cccc(N)c3)C2)c1. The molecule has 1 aliphatic heterocycles. The number of nitrogen functional groups attached to an aromatic ring is 2. The zero-order valence-electron chi connectivity index (χ0n) is 17.3. The summed E-state index contributed by atoms with van der Waals surface area (Å²) < 4.78 is 6.02. The zero-order chi connectivity index (χ0) is 22.5. The molecule has 1 unspecified atom stereocenters. The van der Waals surface area contributed by atoms with Crippen LogP contribution in [0.4, 0.5) is 17.2 Å². The van der Waals surface area contributed by atoms with E-state index in [-0.39, 0.29) is 11.8 Å². The molecule has 5 N–H and O–H groups in total. The van der Waals surface area contributed by atoms with Gasteiger partial charge in [0.15, 0.2) is 0 Å². The van der Waals surface area contributed by atoms with E-state index in [1.54, 1.807) is 24.3 Å². The summed E-state index contributed by atoms with van der Waals surface area (Å²) in [6, 6.07) is 14.7. The van der Waals surface area contributed by atoms with E-state index in [2.05, 4.69) is 27.0 Å². The van der Waals surface area contributed by atoms with Gasteiger partial charge in [-0.25, -0.2) is 9.97 Å². The van der Waals surface area contributed by atoms with E-state index in [4.69, 9.17) is 16.2 Å². The molecule has 9 heteroatoms. The maximum absolute atomic E-state index is 11.6. The van der Waals surface area contributed by atoms with Crippen LogP contribution in [0.5, 0.6) is 11.6 Å². The van der Waals surface area contributed by atoms with E-state index < -0.39 is 0 Å². The van der Waals surface area contributed by atoms with Gasteiger partial charge in [-0.15, -0.1) is 0 Å². The van der Waals surface area contributed by atoms with Gasteiger partial charge in [0.05, 0.1) is 12.1 Å². The molecule has 9 nitrogen and oxygen atoms in total. The van der Waals surface area contributed by atoms with Crippen molar-refractivity contribution in [2.75, 3.05) is 23.3 Å². The first kappa shape index (κ1) is 20.9. The van der Waals surface area contributed by atoms with Crippen LogP contribution in [-0.4, -0.2) is 33.6 Å². The Morgan fingerprint density at radius 3 is 2.88 bits per heavy atom. The summed E-state index contributed by atoms with van der Waals surface area (Å²) in [5, 5.41) is 9.14. The molecule has 3 aromatic rings. The molecule has 1 aromatic heterocycles. The van der Waals surface area contributed by atoms with Gasteiger partial charge in [0.25, 0.3) is 0 Å². The first-order valence-electron chi connectivity index (χ1n) is 9.97. The highest BCUT2D eigenvalue weighted by Gasteiger charge is 2.26. The average Bonchev–Trinajstić information content (AvgIpc) is 3.22. The molecule has 2 heterocycles. The third kappa shape index (κ3) is 4.84. The maximum atomic E-state index is 11.6. The van der Waals surface area contributed by atoms with Crippen LogP contribution in [-0.2, 0) is 11.3 Å². The first-order valence-corrected chi connectivity index (χ1v) is 9.97. The van der Waals surface area contributed by atoms with E-state index >= 15 is 0 Å². The Morgan fingerprint density at radius 2 is 2.06 bits per heavy atom. The highest BCUT2D eigenvalue weighted by atomic mass is 16.5. The zero-order valence-corrected chi connectivity index (χ0v) is 17.3. The van der Waals surface area contributed by atoms with Crippen molar-refractivity contribution in [2.24, 2.45) is 5.10 Å². The largest absolute Gasteiger partial charge is 0.438 e. The van der Waals surface area contributed by atoms with Crippen molar-refractivity contribution in [1.82, 2.24) is 15.0 Å². The number of nitrogens with one attached hydrogen (secondary N) is 1. The molecule has 1 aliphatic rings. The second-order valence-electron chi connectivity index (χ2n) is 7.26. The van der Waals surface area contributed by atoms with Crippen LogP contribution < -0.4 is 21.5 Å². The van der Waals surface area contributed by atoms with Gasteiger partial charge in [0, 0.05) is 36.1 Å². The topological polar surface area (TPSA) is 132 Å². The van der Waals surface area contributed by atoms with Crippen molar-refractivity contribution >= 4 is 29.3 Å². The molecule has 1 atom stereocenters. The van der Waals surface area contributed by atoms with Gasteiger partial charge < -0.3 is 21.5 Å². The fourth-order valence-electron chi connectivity index (χ4n) is 3.43. The number of hydrogen-bond donors (Lipinski definition) is 3. The number of carbonyl (C=O) groups is 1. The molecule has 0 bridgehead atoms. The van der Waals surface area contributed by atoms with Crippen molar-refractivity contribution in [2.45, 2.75) is 12.5 Å². The normalized spacial score (nSPS) is 14.9. The minimum atomic E-state index is -0.309. The predicted molar refractivity (Wildman–Crippen MR) is 124 cm³/mol. The van der Waals surface area contributed by atoms with Crippen molar-refractivity contribution in [3.63, 3.8) is 0 Å². The molecule has 0 spiro atoms. The summed E-state index contributed by atoms with van der Waals surface area (Å²) in [6.07, 6.45) is 4.37.